The van der Waals surface area contributed by atoms with Crippen LogP contribution in [0, 0.1) is 11.6 Å². The zero-order valence-corrected chi connectivity index (χ0v) is 16.5. The molecule has 0 fully saturated rings. The Morgan fingerprint density at radius 1 is 1.31 bits per heavy atom. The number of hydrazone groups is 1. The van der Waals surface area contributed by atoms with Crippen molar-refractivity contribution >= 4 is 17.3 Å². The van der Waals surface area contributed by atoms with Gasteiger partial charge in [-0.3, -0.25) is 5.01 Å². The molecule has 0 aliphatic rings. The van der Waals surface area contributed by atoms with Crippen LogP contribution in [0.2, 0.25) is 0 Å². The molecule has 6 heteroatoms. The standard InChI is InChI=1S/C20H28ClF2N3/c1-4-16(7-6-11-21)14-26(25-18(5-2)10-12-24-3)15-17-8-9-19(22)20(23)13-17/h4,6-9,13,24H,5,10-12,14-15H2,1-3H3/b7-6-,16-4+,25-18+. The van der Waals surface area contributed by atoms with Crippen molar-refractivity contribution in [2.24, 2.45) is 5.10 Å². The molecule has 0 unspecified atom stereocenters. The summed E-state index contributed by atoms with van der Waals surface area (Å²) in [5.74, 6) is -1.25. The van der Waals surface area contributed by atoms with E-state index in [1.807, 2.05) is 37.2 Å². The summed E-state index contributed by atoms with van der Waals surface area (Å²) in [7, 11) is 1.90. The summed E-state index contributed by atoms with van der Waals surface area (Å²) in [4.78, 5) is 0. The Morgan fingerprint density at radius 3 is 2.65 bits per heavy atom. The van der Waals surface area contributed by atoms with Gasteiger partial charge in [0.1, 0.15) is 0 Å². The van der Waals surface area contributed by atoms with Crippen molar-refractivity contribution in [1.82, 2.24) is 10.3 Å². The van der Waals surface area contributed by atoms with Crippen molar-refractivity contribution < 1.29 is 8.78 Å². The molecule has 0 heterocycles. The van der Waals surface area contributed by atoms with Gasteiger partial charge in [0, 0.05) is 18.1 Å². The Morgan fingerprint density at radius 2 is 2.08 bits per heavy atom. The molecule has 1 rings (SSSR count). The maximum atomic E-state index is 13.5. The van der Waals surface area contributed by atoms with Crippen LogP contribution in [0.5, 0.6) is 0 Å². The Bertz CT molecular complexity index is 642. The average Bonchev–Trinajstić information content (AvgIpc) is 2.64. The highest BCUT2D eigenvalue weighted by Gasteiger charge is 2.09. The van der Waals surface area contributed by atoms with Crippen molar-refractivity contribution in [2.75, 3.05) is 26.0 Å². The Kier molecular flexibility index (Phi) is 10.8. The minimum atomic E-state index is -0.842. The van der Waals surface area contributed by atoms with Gasteiger partial charge in [0.15, 0.2) is 11.6 Å². The second kappa shape index (κ2) is 12.6. The molecular formula is C20H28ClF2N3. The Hall–Kier alpha value is -1.72. The lowest BCUT2D eigenvalue weighted by atomic mass is 10.2. The van der Waals surface area contributed by atoms with E-state index in [0.717, 1.165) is 36.7 Å². The number of benzene rings is 1. The van der Waals surface area contributed by atoms with Gasteiger partial charge in [-0.25, -0.2) is 8.78 Å². The first-order valence-corrected chi connectivity index (χ1v) is 9.35. The van der Waals surface area contributed by atoms with Crippen LogP contribution in [0.4, 0.5) is 8.78 Å². The zero-order chi connectivity index (χ0) is 19.4. The van der Waals surface area contributed by atoms with Gasteiger partial charge in [0.25, 0.3) is 0 Å². The van der Waals surface area contributed by atoms with Crippen LogP contribution < -0.4 is 5.32 Å². The van der Waals surface area contributed by atoms with Crippen molar-refractivity contribution in [1.29, 1.82) is 0 Å². The third kappa shape index (κ3) is 8.11. The lowest BCUT2D eigenvalue weighted by Crippen LogP contribution is -2.23. The van der Waals surface area contributed by atoms with Crippen molar-refractivity contribution in [3.63, 3.8) is 0 Å². The Balaban J connectivity index is 3.04. The molecule has 0 saturated heterocycles. The summed E-state index contributed by atoms with van der Waals surface area (Å²) in [6.45, 7) is 5.82. The van der Waals surface area contributed by atoms with Gasteiger partial charge in [-0.2, -0.15) is 5.10 Å². The van der Waals surface area contributed by atoms with E-state index in [9.17, 15) is 8.78 Å². The monoisotopic (exact) mass is 383 g/mol. The molecular weight excluding hydrogens is 356 g/mol. The fourth-order valence-corrected chi connectivity index (χ4v) is 2.48. The van der Waals surface area contributed by atoms with Gasteiger partial charge in [-0.1, -0.05) is 31.2 Å². The molecule has 144 valence electrons. The van der Waals surface area contributed by atoms with E-state index >= 15 is 0 Å². The molecule has 3 nitrogen and oxygen atoms in total. The van der Waals surface area contributed by atoms with E-state index in [1.165, 1.54) is 6.07 Å². The highest BCUT2D eigenvalue weighted by Crippen LogP contribution is 2.14. The van der Waals surface area contributed by atoms with Gasteiger partial charge in [-0.05, 0) is 50.1 Å². The summed E-state index contributed by atoms with van der Waals surface area (Å²) in [6.07, 6.45) is 7.50. The van der Waals surface area contributed by atoms with Crippen LogP contribution >= 0.6 is 11.6 Å². The Labute approximate surface area is 160 Å². The van der Waals surface area contributed by atoms with Crippen LogP contribution in [-0.2, 0) is 6.54 Å². The molecule has 0 amide bonds. The van der Waals surface area contributed by atoms with Gasteiger partial charge >= 0.3 is 0 Å². The molecule has 0 saturated carbocycles. The maximum Gasteiger partial charge on any atom is 0.159 e. The van der Waals surface area contributed by atoms with Crippen LogP contribution in [0.3, 0.4) is 0 Å². The first-order valence-electron chi connectivity index (χ1n) is 8.81. The normalized spacial score (nSPS) is 12.8. The minimum Gasteiger partial charge on any atom is -0.319 e. The van der Waals surface area contributed by atoms with Crippen LogP contribution in [0.1, 0.15) is 32.3 Å². The van der Waals surface area contributed by atoms with Gasteiger partial charge < -0.3 is 5.32 Å². The van der Waals surface area contributed by atoms with E-state index in [-0.39, 0.29) is 0 Å². The predicted octanol–water partition coefficient (Wildman–Crippen LogP) is 4.88. The molecule has 0 bridgehead atoms. The predicted molar refractivity (Wildman–Crippen MR) is 107 cm³/mol. The molecule has 1 N–H and O–H groups in total. The maximum absolute atomic E-state index is 13.5. The van der Waals surface area contributed by atoms with E-state index in [0.29, 0.717) is 24.5 Å². The van der Waals surface area contributed by atoms with E-state index in [4.69, 9.17) is 16.7 Å². The SMILES string of the molecule is C/C=C(\C=C/CCl)CN(Cc1ccc(F)c(F)c1)/N=C(\CC)CCNC. The summed E-state index contributed by atoms with van der Waals surface area (Å²) >= 11 is 5.73. The van der Waals surface area contributed by atoms with Crippen molar-refractivity contribution in [3.05, 3.63) is 59.2 Å². The second-order valence-corrected chi connectivity index (χ2v) is 6.17. The summed E-state index contributed by atoms with van der Waals surface area (Å²) in [5.41, 5.74) is 2.79. The summed E-state index contributed by atoms with van der Waals surface area (Å²) < 4.78 is 26.7. The van der Waals surface area contributed by atoms with E-state index in [1.54, 1.807) is 6.07 Å². The lowest BCUT2D eigenvalue weighted by Gasteiger charge is -2.22. The molecule has 1 aromatic rings. The second-order valence-electron chi connectivity index (χ2n) is 5.86. The van der Waals surface area contributed by atoms with Crippen LogP contribution in [0.15, 0.2) is 47.1 Å². The quantitative estimate of drug-likeness (QED) is 0.255. The number of rotatable bonds is 11. The number of nitrogens with zero attached hydrogens (tertiary/aromatic N) is 2. The molecule has 26 heavy (non-hydrogen) atoms. The van der Waals surface area contributed by atoms with Gasteiger partial charge in [0.05, 0.1) is 13.1 Å². The molecule has 0 aliphatic heterocycles. The average molecular weight is 384 g/mol. The fourth-order valence-electron chi connectivity index (χ4n) is 2.39. The largest absolute Gasteiger partial charge is 0.319 e. The van der Waals surface area contributed by atoms with Crippen molar-refractivity contribution in [3.8, 4) is 0 Å². The lowest BCUT2D eigenvalue weighted by molar-refractivity contribution is 0.304. The minimum absolute atomic E-state index is 0.395. The summed E-state index contributed by atoms with van der Waals surface area (Å²) in [6, 6.07) is 3.96. The molecule has 0 aliphatic carbocycles. The number of halogens is 3. The number of allylic oxidation sites excluding steroid dienone is 2. The van der Waals surface area contributed by atoms with Crippen molar-refractivity contribution in [2.45, 2.75) is 33.2 Å². The number of hydrogen-bond acceptors (Lipinski definition) is 3. The summed E-state index contributed by atoms with van der Waals surface area (Å²) in [5, 5.41) is 9.77. The third-order valence-electron chi connectivity index (χ3n) is 3.86. The first-order chi connectivity index (χ1) is 12.5. The molecule has 0 radical (unpaired) electrons. The highest BCUT2D eigenvalue weighted by atomic mass is 35.5. The zero-order valence-electron chi connectivity index (χ0n) is 15.7. The third-order valence-corrected chi connectivity index (χ3v) is 4.04. The molecule has 0 spiro atoms. The first kappa shape index (κ1) is 22.3. The molecule has 0 aromatic heterocycles. The van der Waals surface area contributed by atoms with Crippen LogP contribution in [-0.4, -0.2) is 36.7 Å². The molecule has 1 aromatic carbocycles. The van der Waals surface area contributed by atoms with Gasteiger partial charge in [0.2, 0.25) is 0 Å². The number of alkyl halides is 1. The fraction of sp³-hybridized carbons (Fsp3) is 0.450. The molecule has 0 atom stereocenters. The topological polar surface area (TPSA) is 27.6 Å². The number of nitrogens with one attached hydrogen (secondary N) is 1. The van der Waals surface area contributed by atoms with Crippen LogP contribution in [0.25, 0.3) is 0 Å². The van der Waals surface area contributed by atoms with E-state index < -0.39 is 11.6 Å². The smallest absolute Gasteiger partial charge is 0.159 e. The number of hydrogen-bond donors (Lipinski definition) is 1. The highest BCUT2D eigenvalue weighted by molar-refractivity contribution is 6.18. The van der Waals surface area contributed by atoms with Gasteiger partial charge in [-0.15, -0.1) is 11.6 Å². The van der Waals surface area contributed by atoms with E-state index in [2.05, 4.69) is 12.2 Å².